The Hall–Kier alpha value is -2.03. The van der Waals surface area contributed by atoms with Gasteiger partial charge in [0.1, 0.15) is 17.6 Å². The summed E-state index contributed by atoms with van der Waals surface area (Å²) >= 11 is 0. The predicted molar refractivity (Wildman–Crippen MR) is 93.3 cm³/mol. The van der Waals surface area contributed by atoms with Crippen LogP contribution in [0.25, 0.3) is 0 Å². The van der Waals surface area contributed by atoms with Crippen LogP contribution in [0, 0.1) is 0 Å². The van der Waals surface area contributed by atoms with Gasteiger partial charge in [-0.25, -0.2) is 0 Å². The van der Waals surface area contributed by atoms with Gasteiger partial charge in [-0.15, -0.1) is 0 Å². The molecule has 1 unspecified atom stereocenters. The second-order valence-electron chi connectivity index (χ2n) is 5.99. The van der Waals surface area contributed by atoms with Crippen molar-refractivity contribution in [1.82, 2.24) is 0 Å². The highest BCUT2D eigenvalue weighted by atomic mass is 16.7. The molecule has 0 saturated carbocycles. The summed E-state index contributed by atoms with van der Waals surface area (Å²) in [5.41, 5.74) is 6.68. The van der Waals surface area contributed by atoms with E-state index in [1.807, 2.05) is 6.07 Å². The van der Waals surface area contributed by atoms with Crippen LogP contribution in [0.2, 0.25) is 0 Å². The molecule has 2 saturated heterocycles. The third kappa shape index (κ3) is 4.33. The first-order chi connectivity index (χ1) is 12.1. The number of hydrogen-bond acceptors (Lipinski definition) is 6. The van der Waals surface area contributed by atoms with E-state index in [1.165, 1.54) is 0 Å². The average molecular weight is 351 g/mol. The van der Waals surface area contributed by atoms with Gasteiger partial charge in [0, 0.05) is 18.9 Å². The molecule has 3 N–H and O–H groups in total. The van der Waals surface area contributed by atoms with Crippen molar-refractivity contribution < 1.29 is 23.7 Å². The summed E-state index contributed by atoms with van der Waals surface area (Å²) in [6.45, 7) is 2.26. The molecule has 0 amide bonds. The Kier molecular flexibility index (Phi) is 5.62. The number of nitrogens with zero attached hydrogens (tertiary/aromatic N) is 1. The molecule has 2 fully saturated rings. The van der Waals surface area contributed by atoms with E-state index < -0.39 is 5.79 Å². The van der Waals surface area contributed by atoms with Gasteiger partial charge in [-0.2, -0.15) is 0 Å². The lowest BCUT2D eigenvalue weighted by Crippen LogP contribution is -2.38. The highest BCUT2D eigenvalue weighted by Gasteiger charge is 2.42. The molecule has 1 aromatic rings. The summed E-state index contributed by atoms with van der Waals surface area (Å²) < 4.78 is 27.8. The van der Waals surface area contributed by atoms with E-state index in [-0.39, 0.29) is 12.1 Å². The SMILES string of the molecule is COc1ccc(OC)c(NC(N)=NCC2COC3(CCOCC3)O2)c1. The van der Waals surface area contributed by atoms with Crippen LogP contribution in [-0.4, -0.2) is 58.4 Å². The second kappa shape index (κ2) is 7.90. The number of aliphatic imine (C=N–C) groups is 1. The van der Waals surface area contributed by atoms with Crippen LogP contribution < -0.4 is 20.5 Å². The van der Waals surface area contributed by atoms with Gasteiger partial charge in [-0.1, -0.05) is 0 Å². The molecule has 1 spiro atoms. The molecule has 0 radical (unpaired) electrons. The van der Waals surface area contributed by atoms with Crippen LogP contribution in [0.5, 0.6) is 11.5 Å². The zero-order valence-corrected chi connectivity index (χ0v) is 14.6. The number of hydrogen-bond donors (Lipinski definition) is 2. The lowest BCUT2D eigenvalue weighted by atomic mass is 10.1. The zero-order valence-electron chi connectivity index (χ0n) is 14.6. The first-order valence-corrected chi connectivity index (χ1v) is 8.32. The largest absolute Gasteiger partial charge is 0.497 e. The lowest BCUT2D eigenvalue weighted by molar-refractivity contribution is -0.210. The molecular weight excluding hydrogens is 326 g/mol. The van der Waals surface area contributed by atoms with Gasteiger partial charge in [0.25, 0.3) is 0 Å². The molecule has 3 rings (SSSR count). The molecule has 2 heterocycles. The van der Waals surface area contributed by atoms with Gasteiger partial charge in [0.15, 0.2) is 11.7 Å². The van der Waals surface area contributed by atoms with Crippen molar-refractivity contribution in [1.29, 1.82) is 0 Å². The number of nitrogens with two attached hydrogens (primary N) is 1. The Balaban J connectivity index is 1.57. The van der Waals surface area contributed by atoms with Crippen molar-refractivity contribution >= 4 is 11.6 Å². The molecule has 2 aliphatic rings. The van der Waals surface area contributed by atoms with E-state index in [1.54, 1.807) is 26.4 Å². The first kappa shape index (κ1) is 17.8. The fraction of sp³-hybridized carbons (Fsp3) is 0.588. The number of benzene rings is 1. The number of nitrogens with one attached hydrogen (secondary N) is 1. The number of guanidine groups is 1. The van der Waals surface area contributed by atoms with Crippen molar-refractivity contribution in [3.8, 4) is 11.5 Å². The Bertz CT molecular complexity index is 616. The fourth-order valence-corrected chi connectivity index (χ4v) is 2.94. The van der Waals surface area contributed by atoms with E-state index in [0.29, 0.717) is 43.6 Å². The normalized spacial score (nSPS) is 22.8. The van der Waals surface area contributed by atoms with Gasteiger partial charge in [0.2, 0.25) is 0 Å². The summed E-state index contributed by atoms with van der Waals surface area (Å²) in [7, 11) is 3.20. The van der Waals surface area contributed by atoms with Gasteiger partial charge in [-0.3, -0.25) is 4.99 Å². The fourth-order valence-electron chi connectivity index (χ4n) is 2.94. The van der Waals surface area contributed by atoms with E-state index in [9.17, 15) is 0 Å². The highest BCUT2D eigenvalue weighted by Crippen LogP contribution is 2.33. The van der Waals surface area contributed by atoms with Crippen LogP contribution in [-0.2, 0) is 14.2 Å². The maximum Gasteiger partial charge on any atom is 0.193 e. The Morgan fingerprint density at radius 2 is 2.12 bits per heavy atom. The van der Waals surface area contributed by atoms with Gasteiger partial charge in [0.05, 0.1) is 46.3 Å². The minimum absolute atomic E-state index is 0.106. The van der Waals surface area contributed by atoms with Crippen LogP contribution >= 0.6 is 0 Å². The maximum absolute atomic E-state index is 6.03. The first-order valence-electron chi connectivity index (χ1n) is 8.32. The molecule has 138 valence electrons. The minimum Gasteiger partial charge on any atom is -0.497 e. The monoisotopic (exact) mass is 351 g/mol. The van der Waals surface area contributed by atoms with E-state index >= 15 is 0 Å². The Morgan fingerprint density at radius 3 is 2.84 bits per heavy atom. The molecule has 1 aromatic carbocycles. The Morgan fingerprint density at radius 1 is 1.32 bits per heavy atom. The molecule has 1 atom stereocenters. The predicted octanol–water partition coefficient (Wildman–Crippen LogP) is 1.35. The number of anilines is 1. The third-order valence-corrected chi connectivity index (χ3v) is 4.30. The average Bonchev–Trinajstić information content (AvgIpc) is 3.03. The summed E-state index contributed by atoms with van der Waals surface area (Å²) in [6.07, 6.45) is 1.40. The maximum atomic E-state index is 6.03. The van der Waals surface area contributed by atoms with Gasteiger partial charge < -0.3 is 34.7 Å². The number of ether oxygens (including phenoxy) is 5. The van der Waals surface area contributed by atoms with Crippen molar-refractivity contribution in [2.75, 3.05) is 45.9 Å². The van der Waals surface area contributed by atoms with Gasteiger partial charge >= 0.3 is 0 Å². The molecule has 0 aromatic heterocycles. The molecular formula is C17H25N3O5. The van der Waals surface area contributed by atoms with Crippen LogP contribution in [0.4, 0.5) is 5.69 Å². The Labute approximate surface area is 147 Å². The molecule has 2 aliphatic heterocycles. The summed E-state index contributed by atoms with van der Waals surface area (Å²) in [6, 6.07) is 5.42. The quantitative estimate of drug-likeness (QED) is 0.610. The van der Waals surface area contributed by atoms with E-state index in [4.69, 9.17) is 29.4 Å². The smallest absolute Gasteiger partial charge is 0.193 e. The second-order valence-corrected chi connectivity index (χ2v) is 5.99. The van der Waals surface area contributed by atoms with E-state index in [2.05, 4.69) is 10.3 Å². The lowest BCUT2D eigenvalue weighted by Gasteiger charge is -2.31. The standard InChI is InChI=1S/C17H25N3O5/c1-21-12-3-4-15(22-2)14(9-12)20-16(18)19-10-13-11-24-17(25-13)5-7-23-8-6-17/h3-4,9,13H,5-8,10-11H2,1-2H3,(H3,18,19,20). The minimum atomic E-state index is -0.503. The molecule has 8 heteroatoms. The third-order valence-electron chi connectivity index (χ3n) is 4.30. The molecule has 25 heavy (non-hydrogen) atoms. The van der Waals surface area contributed by atoms with Crippen LogP contribution in [0.1, 0.15) is 12.8 Å². The number of methoxy groups -OCH3 is 2. The van der Waals surface area contributed by atoms with Crippen molar-refractivity contribution in [2.24, 2.45) is 10.7 Å². The highest BCUT2D eigenvalue weighted by molar-refractivity contribution is 5.94. The van der Waals surface area contributed by atoms with Crippen molar-refractivity contribution in [2.45, 2.75) is 24.7 Å². The zero-order chi connectivity index (χ0) is 17.7. The summed E-state index contributed by atoms with van der Waals surface area (Å²) in [5.74, 6) is 1.13. The number of rotatable bonds is 5. The molecule has 8 nitrogen and oxygen atoms in total. The summed E-state index contributed by atoms with van der Waals surface area (Å²) in [5, 5.41) is 3.04. The van der Waals surface area contributed by atoms with E-state index in [0.717, 1.165) is 12.8 Å². The topological polar surface area (TPSA) is 96.6 Å². The van der Waals surface area contributed by atoms with Crippen molar-refractivity contribution in [3.63, 3.8) is 0 Å². The van der Waals surface area contributed by atoms with Crippen LogP contribution in [0.3, 0.4) is 0 Å². The molecule has 0 bridgehead atoms. The summed E-state index contributed by atoms with van der Waals surface area (Å²) in [4.78, 5) is 4.36. The van der Waals surface area contributed by atoms with Gasteiger partial charge in [-0.05, 0) is 12.1 Å². The van der Waals surface area contributed by atoms with Crippen LogP contribution in [0.15, 0.2) is 23.2 Å². The van der Waals surface area contributed by atoms with Crippen molar-refractivity contribution in [3.05, 3.63) is 18.2 Å². The molecule has 0 aliphatic carbocycles.